The number of nitrogens with zero attached hydrogens (tertiary/aromatic N) is 1. The topological polar surface area (TPSA) is 33.0 Å². The highest BCUT2D eigenvalue weighted by atomic mass is 79.9. The fraction of sp³-hybridized carbons (Fsp3) is 0. The van der Waals surface area contributed by atoms with E-state index in [1.165, 1.54) is 0 Å². The monoisotopic (exact) mass is 307 g/mol. The lowest BCUT2D eigenvalue weighted by Crippen LogP contribution is -1.86. The Labute approximate surface area is 113 Å². The highest BCUT2D eigenvalue weighted by molar-refractivity contribution is 9.10. The smallest absolute Gasteiger partial charge is 0.146 e. The van der Waals surface area contributed by atoms with Crippen LogP contribution in [0.1, 0.15) is 5.56 Å². The fourth-order valence-electron chi connectivity index (χ4n) is 1.30. The van der Waals surface area contributed by atoms with Crippen molar-refractivity contribution in [2.24, 2.45) is 0 Å². The molecular formula is C13H7BrClNO. The quantitative estimate of drug-likeness (QED) is 0.801. The molecule has 0 N–H and O–H groups in total. The Morgan fingerprint density at radius 3 is 2.59 bits per heavy atom. The van der Waals surface area contributed by atoms with Gasteiger partial charge in [0.15, 0.2) is 0 Å². The van der Waals surface area contributed by atoms with Crippen LogP contribution in [-0.4, -0.2) is 0 Å². The second-order valence-corrected chi connectivity index (χ2v) is 4.55. The lowest BCUT2D eigenvalue weighted by molar-refractivity contribution is 0.482. The Morgan fingerprint density at radius 1 is 1.18 bits per heavy atom. The van der Waals surface area contributed by atoms with Gasteiger partial charge in [0, 0.05) is 4.47 Å². The molecule has 0 amide bonds. The van der Waals surface area contributed by atoms with E-state index in [2.05, 4.69) is 22.0 Å². The first-order chi connectivity index (χ1) is 8.20. The molecule has 2 rings (SSSR count). The molecule has 0 aliphatic rings. The van der Waals surface area contributed by atoms with Gasteiger partial charge in [-0.1, -0.05) is 23.7 Å². The summed E-state index contributed by atoms with van der Waals surface area (Å²) in [6.45, 7) is 0. The van der Waals surface area contributed by atoms with Gasteiger partial charge in [0.25, 0.3) is 0 Å². The Morgan fingerprint density at radius 2 is 1.94 bits per heavy atom. The molecule has 2 aromatic rings. The van der Waals surface area contributed by atoms with Gasteiger partial charge in [-0.25, -0.2) is 0 Å². The molecular weight excluding hydrogens is 302 g/mol. The number of para-hydroxylation sites is 1. The van der Waals surface area contributed by atoms with E-state index in [0.29, 0.717) is 26.6 Å². The maximum atomic E-state index is 8.80. The predicted octanol–water partition coefficient (Wildman–Crippen LogP) is 4.77. The summed E-state index contributed by atoms with van der Waals surface area (Å²) in [5, 5.41) is 9.35. The van der Waals surface area contributed by atoms with Gasteiger partial charge in [-0.15, -0.1) is 0 Å². The van der Waals surface area contributed by atoms with Crippen LogP contribution in [-0.2, 0) is 0 Å². The van der Waals surface area contributed by atoms with Crippen molar-refractivity contribution >= 4 is 27.5 Å². The second kappa shape index (κ2) is 5.22. The van der Waals surface area contributed by atoms with Crippen LogP contribution in [0.2, 0.25) is 5.02 Å². The maximum absolute atomic E-state index is 8.80. The molecule has 0 radical (unpaired) electrons. The highest BCUT2D eigenvalue weighted by Crippen LogP contribution is 2.31. The Hall–Kier alpha value is -1.50. The van der Waals surface area contributed by atoms with Crippen molar-refractivity contribution in [3.63, 3.8) is 0 Å². The van der Waals surface area contributed by atoms with Gasteiger partial charge >= 0.3 is 0 Å². The van der Waals surface area contributed by atoms with E-state index in [9.17, 15) is 0 Å². The van der Waals surface area contributed by atoms with E-state index >= 15 is 0 Å². The van der Waals surface area contributed by atoms with Crippen LogP contribution in [0.15, 0.2) is 46.9 Å². The number of ether oxygens (including phenoxy) is 1. The Balaban J connectivity index is 2.29. The molecule has 0 saturated heterocycles. The van der Waals surface area contributed by atoms with Crippen molar-refractivity contribution in [3.05, 3.63) is 57.5 Å². The summed E-state index contributed by atoms with van der Waals surface area (Å²) in [7, 11) is 0. The third kappa shape index (κ3) is 2.79. The molecule has 0 unspecified atom stereocenters. The molecule has 0 spiro atoms. The third-order valence-corrected chi connectivity index (χ3v) is 3.09. The zero-order valence-electron chi connectivity index (χ0n) is 8.65. The molecule has 2 nitrogen and oxygen atoms in total. The molecule has 0 atom stereocenters. The largest absolute Gasteiger partial charge is 0.456 e. The normalized spacial score (nSPS) is 9.71. The molecule has 17 heavy (non-hydrogen) atoms. The van der Waals surface area contributed by atoms with Crippen LogP contribution >= 0.6 is 27.5 Å². The molecule has 0 aliphatic heterocycles. The van der Waals surface area contributed by atoms with Crippen molar-refractivity contribution in [1.29, 1.82) is 5.26 Å². The number of rotatable bonds is 2. The molecule has 0 saturated carbocycles. The number of benzene rings is 2. The van der Waals surface area contributed by atoms with Crippen molar-refractivity contribution in [2.75, 3.05) is 0 Å². The van der Waals surface area contributed by atoms with Crippen LogP contribution < -0.4 is 4.74 Å². The highest BCUT2D eigenvalue weighted by Gasteiger charge is 2.04. The lowest BCUT2D eigenvalue weighted by Gasteiger charge is -2.07. The first-order valence-electron chi connectivity index (χ1n) is 4.83. The fourth-order valence-corrected chi connectivity index (χ4v) is 1.93. The van der Waals surface area contributed by atoms with Crippen LogP contribution in [0.5, 0.6) is 11.5 Å². The van der Waals surface area contributed by atoms with Crippen molar-refractivity contribution in [2.45, 2.75) is 0 Å². The molecule has 84 valence electrons. The van der Waals surface area contributed by atoms with E-state index in [0.717, 1.165) is 0 Å². The second-order valence-electron chi connectivity index (χ2n) is 3.29. The van der Waals surface area contributed by atoms with Crippen molar-refractivity contribution < 1.29 is 4.74 Å². The van der Waals surface area contributed by atoms with Gasteiger partial charge in [-0.05, 0) is 46.3 Å². The van der Waals surface area contributed by atoms with Gasteiger partial charge in [0.1, 0.15) is 17.6 Å². The minimum atomic E-state index is 0.549. The molecule has 0 aliphatic carbocycles. The zero-order chi connectivity index (χ0) is 12.3. The van der Waals surface area contributed by atoms with Gasteiger partial charge in [0.05, 0.1) is 10.6 Å². The summed E-state index contributed by atoms with van der Waals surface area (Å²) in [4.78, 5) is 0. The first kappa shape index (κ1) is 12.0. The van der Waals surface area contributed by atoms with Gasteiger partial charge in [-0.3, -0.25) is 0 Å². The Kier molecular flexibility index (Phi) is 3.68. The molecule has 0 heterocycles. The average molecular weight is 309 g/mol. The molecule has 2 aromatic carbocycles. The van der Waals surface area contributed by atoms with Gasteiger partial charge in [0.2, 0.25) is 0 Å². The Bertz CT molecular complexity index is 592. The lowest BCUT2D eigenvalue weighted by atomic mass is 10.2. The van der Waals surface area contributed by atoms with E-state index in [1.807, 2.05) is 12.1 Å². The first-order valence-corrected chi connectivity index (χ1v) is 6.00. The minimum absolute atomic E-state index is 0.549. The van der Waals surface area contributed by atoms with Crippen LogP contribution in [0.3, 0.4) is 0 Å². The van der Waals surface area contributed by atoms with Crippen LogP contribution in [0.25, 0.3) is 0 Å². The van der Waals surface area contributed by atoms with Gasteiger partial charge in [-0.2, -0.15) is 5.26 Å². The summed E-state index contributed by atoms with van der Waals surface area (Å²) >= 11 is 9.29. The van der Waals surface area contributed by atoms with E-state index in [-0.39, 0.29) is 0 Å². The summed E-state index contributed by atoms with van der Waals surface area (Å²) in [5.74, 6) is 1.22. The molecule has 0 aromatic heterocycles. The zero-order valence-corrected chi connectivity index (χ0v) is 11.0. The van der Waals surface area contributed by atoms with Gasteiger partial charge < -0.3 is 4.74 Å². The van der Waals surface area contributed by atoms with E-state index < -0.39 is 0 Å². The van der Waals surface area contributed by atoms with Crippen molar-refractivity contribution in [1.82, 2.24) is 0 Å². The summed E-state index contributed by atoms with van der Waals surface area (Å²) < 4.78 is 6.32. The summed E-state index contributed by atoms with van der Waals surface area (Å²) in [5.41, 5.74) is 0.566. The summed E-state index contributed by atoms with van der Waals surface area (Å²) in [6.07, 6.45) is 0. The number of hydrogen-bond donors (Lipinski definition) is 0. The summed E-state index contributed by atoms with van der Waals surface area (Å²) in [6, 6.07) is 14.5. The van der Waals surface area contributed by atoms with E-state index in [4.69, 9.17) is 21.6 Å². The third-order valence-electron chi connectivity index (χ3n) is 2.13. The molecule has 4 heteroatoms. The van der Waals surface area contributed by atoms with Crippen LogP contribution in [0.4, 0.5) is 0 Å². The molecule has 0 bridgehead atoms. The number of halogens is 2. The van der Waals surface area contributed by atoms with E-state index in [1.54, 1.807) is 30.3 Å². The maximum Gasteiger partial charge on any atom is 0.146 e. The SMILES string of the molecule is N#Cc1ccc(Oc2ccccc2Cl)cc1Br. The van der Waals surface area contributed by atoms with Crippen molar-refractivity contribution in [3.8, 4) is 17.6 Å². The standard InChI is InChI=1S/C13H7BrClNO/c14-11-7-10(6-5-9(11)8-16)17-13-4-2-1-3-12(13)15/h1-7H. The van der Waals surface area contributed by atoms with Crippen LogP contribution in [0, 0.1) is 11.3 Å². The molecule has 0 fully saturated rings. The number of hydrogen-bond acceptors (Lipinski definition) is 2. The predicted molar refractivity (Wildman–Crippen MR) is 70.4 cm³/mol. The number of nitriles is 1. The minimum Gasteiger partial charge on any atom is -0.456 e. The average Bonchev–Trinajstić information content (AvgIpc) is 2.32.